The summed E-state index contributed by atoms with van der Waals surface area (Å²) in [5.74, 6) is 0.337. The summed E-state index contributed by atoms with van der Waals surface area (Å²) in [5, 5.41) is 0.432. The van der Waals surface area contributed by atoms with Gasteiger partial charge in [0.15, 0.2) is 11.5 Å². The van der Waals surface area contributed by atoms with Crippen LogP contribution in [0.4, 0.5) is 0 Å². The Morgan fingerprint density at radius 2 is 1.85 bits per heavy atom. The largest absolute Gasteiger partial charge is 0.490 e. The van der Waals surface area contributed by atoms with E-state index in [0.717, 1.165) is 6.42 Å². The number of hydrogen-bond acceptors (Lipinski definition) is 3. The molecule has 0 N–H and O–H groups in total. The van der Waals surface area contributed by atoms with Crippen LogP contribution in [0.25, 0.3) is 0 Å². The Hall–Kier alpha value is -1.09. The first kappa shape index (κ1) is 17.0. The highest BCUT2D eigenvalue weighted by molar-refractivity contribution is 6.32. The number of ketones is 1. The Balaban J connectivity index is 2.98. The van der Waals surface area contributed by atoms with Gasteiger partial charge in [0, 0.05) is 11.6 Å². The highest BCUT2D eigenvalue weighted by Gasteiger charge is 2.28. The molecular weight excluding hydrogens is 274 g/mol. The maximum Gasteiger partial charge on any atom is 0.190 e. The third kappa shape index (κ3) is 4.78. The number of ether oxygens (including phenoxy) is 1. The normalized spacial score (nSPS) is 12.3. The van der Waals surface area contributed by atoms with Gasteiger partial charge >= 0.3 is 0 Å². The highest BCUT2D eigenvalue weighted by atomic mass is 35.5. The van der Waals surface area contributed by atoms with Crippen LogP contribution >= 0.6 is 11.6 Å². The molecule has 0 fully saturated rings. The fourth-order valence-corrected chi connectivity index (χ4v) is 1.74. The zero-order chi connectivity index (χ0) is 15.6. The minimum atomic E-state index is -0.514. The average Bonchev–Trinajstić information content (AvgIpc) is 2.27. The van der Waals surface area contributed by atoms with E-state index < -0.39 is 5.41 Å². The number of Topliss-reactive ketones (excluding diaryl/α,β-unsaturated/α-hetero) is 1. The van der Waals surface area contributed by atoms with Crippen molar-refractivity contribution in [3.63, 3.8) is 0 Å². The molecule has 0 bridgehead atoms. The van der Waals surface area contributed by atoms with Crippen molar-refractivity contribution in [2.45, 2.75) is 48.0 Å². The zero-order valence-electron chi connectivity index (χ0n) is 13.2. The molecule has 0 saturated carbocycles. The Morgan fingerprint density at radius 3 is 2.35 bits per heavy atom. The Bertz CT molecular complexity index is 484. The molecular formula is C16H24ClNO2. The van der Waals surface area contributed by atoms with Gasteiger partial charge in [0.25, 0.3) is 0 Å². The Morgan fingerprint density at radius 1 is 1.25 bits per heavy atom. The standard InChI is InChI=1S/C16H24ClNO2/c1-15(2,3)8-10-20-13-11(17)7-9-18-12(13)14(19)16(4,5)6/h7,9H,8,10H2,1-6H3. The van der Waals surface area contributed by atoms with Gasteiger partial charge in [0.1, 0.15) is 5.69 Å². The van der Waals surface area contributed by atoms with Crippen molar-refractivity contribution in [3.05, 3.63) is 23.0 Å². The van der Waals surface area contributed by atoms with Crippen LogP contribution in [0, 0.1) is 10.8 Å². The highest BCUT2D eigenvalue weighted by Crippen LogP contribution is 2.32. The summed E-state index contributed by atoms with van der Waals surface area (Å²) in [5.41, 5.74) is -0.0261. The molecule has 1 aromatic heterocycles. The quantitative estimate of drug-likeness (QED) is 0.751. The fraction of sp³-hybridized carbons (Fsp3) is 0.625. The summed E-state index contributed by atoms with van der Waals surface area (Å²) < 4.78 is 5.74. The van der Waals surface area contributed by atoms with Gasteiger partial charge in [-0.25, -0.2) is 4.98 Å². The molecule has 20 heavy (non-hydrogen) atoms. The van der Waals surface area contributed by atoms with E-state index in [-0.39, 0.29) is 11.2 Å². The molecule has 112 valence electrons. The molecule has 3 nitrogen and oxygen atoms in total. The molecule has 4 heteroatoms. The zero-order valence-corrected chi connectivity index (χ0v) is 14.0. The van der Waals surface area contributed by atoms with Gasteiger partial charge in [-0.3, -0.25) is 4.79 Å². The van der Waals surface area contributed by atoms with E-state index in [9.17, 15) is 4.79 Å². The first-order valence-electron chi connectivity index (χ1n) is 6.84. The number of pyridine rings is 1. The number of carbonyl (C=O) groups is 1. The number of halogens is 1. The summed E-state index contributed by atoms with van der Waals surface area (Å²) in [7, 11) is 0. The van der Waals surface area contributed by atoms with Crippen molar-refractivity contribution in [3.8, 4) is 5.75 Å². The molecule has 0 atom stereocenters. The smallest absolute Gasteiger partial charge is 0.190 e. The van der Waals surface area contributed by atoms with Crippen molar-refractivity contribution in [1.82, 2.24) is 4.98 Å². The second kappa shape index (κ2) is 6.13. The molecule has 1 heterocycles. The van der Waals surface area contributed by atoms with Crippen LogP contribution < -0.4 is 4.74 Å². The lowest BCUT2D eigenvalue weighted by Gasteiger charge is -2.21. The molecule has 0 radical (unpaired) electrons. The van der Waals surface area contributed by atoms with Crippen molar-refractivity contribution in [2.75, 3.05) is 6.61 Å². The minimum absolute atomic E-state index is 0.0641. The van der Waals surface area contributed by atoms with E-state index in [4.69, 9.17) is 16.3 Å². The van der Waals surface area contributed by atoms with Gasteiger partial charge in [-0.15, -0.1) is 0 Å². The van der Waals surface area contributed by atoms with E-state index in [1.807, 2.05) is 20.8 Å². The molecule has 0 saturated heterocycles. The van der Waals surface area contributed by atoms with Crippen LogP contribution in [0.5, 0.6) is 5.75 Å². The number of aromatic nitrogens is 1. The van der Waals surface area contributed by atoms with Crippen molar-refractivity contribution in [2.24, 2.45) is 10.8 Å². The summed E-state index contributed by atoms with van der Waals surface area (Å²) in [6.45, 7) is 12.5. The van der Waals surface area contributed by atoms with Crippen molar-refractivity contribution >= 4 is 17.4 Å². The van der Waals surface area contributed by atoms with E-state index in [1.165, 1.54) is 6.20 Å². The fourth-order valence-electron chi connectivity index (χ4n) is 1.54. The molecule has 0 aliphatic rings. The molecule has 1 rings (SSSR count). The predicted molar refractivity (Wildman–Crippen MR) is 82.6 cm³/mol. The van der Waals surface area contributed by atoms with Crippen LogP contribution in [-0.2, 0) is 0 Å². The third-order valence-electron chi connectivity index (χ3n) is 2.85. The topological polar surface area (TPSA) is 39.2 Å². The van der Waals surface area contributed by atoms with Gasteiger partial charge < -0.3 is 4.74 Å². The predicted octanol–water partition coefficient (Wildman–Crippen LogP) is 4.78. The lowest BCUT2D eigenvalue weighted by molar-refractivity contribution is 0.0847. The van der Waals surface area contributed by atoms with Crippen molar-refractivity contribution < 1.29 is 9.53 Å². The van der Waals surface area contributed by atoms with Crippen LogP contribution in [-0.4, -0.2) is 17.4 Å². The third-order valence-corrected chi connectivity index (χ3v) is 3.15. The molecule has 0 amide bonds. The van der Waals surface area contributed by atoms with E-state index in [1.54, 1.807) is 6.07 Å². The van der Waals surface area contributed by atoms with Gasteiger partial charge in [-0.2, -0.15) is 0 Å². The van der Waals surface area contributed by atoms with Gasteiger partial charge in [-0.1, -0.05) is 53.1 Å². The summed E-state index contributed by atoms with van der Waals surface area (Å²) in [4.78, 5) is 16.6. The van der Waals surface area contributed by atoms with Gasteiger partial charge in [0.05, 0.1) is 11.6 Å². The minimum Gasteiger partial charge on any atom is -0.490 e. The van der Waals surface area contributed by atoms with E-state index in [0.29, 0.717) is 23.1 Å². The summed E-state index contributed by atoms with van der Waals surface area (Å²) in [6, 6.07) is 1.65. The number of carbonyl (C=O) groups excluding carboxylic acids is 1. The lowest BCUT2D eigenvalue weighted by atomic mass is 9.88. The van der Waals surface area contributed by atoms with Crippen LogP contribution in [0.3, 0.4) is 0 Å². The molecule has 0 aliphatic heterocycles. The number of nitrogens with zero attached hydrogens (tertiary/aromatic N) is 1. The first-order chi connectivity index (χ1) is 9.02. The Kier molecular flexibility index (Phi) is 5.20. The van der Waals surface area contributed by atoms with Crippen LogP contribution in [0.2, 0.25) is 5.02 Å². The maximum atomic E-state index is 12.4. The molecule has 0 aromatic carbocycles. The molecule has 0 aliphatic carbocycles. The molecule has 0 spiro atoms. The Labute approximate surface area is 126 Å². The van der Waals surface area contributed by atoms with Gasteiger partial charge in [-0.05, 0) is 17.9 Å². The SMILES string of the molecule is CC(C)(C)CCOc1c(Cl)ccnc1C(=O)C(C)(C)C. The van der Waals surface area contributed by atoms with Crippen LogP contribution in [0.15, 0.2) is 12.3 Å². The second-order valence-corrected chi connectivity index (χ2v) is 7.62. The average molecular weight is 298 g/mol. The first-order valence-corrected chi connectivity index (χ1v) is 7.22. The second-order valence-electron chi connectivity index (χ2n) is 7.21. The molecule has 0 unspecified atom stereocenters. The molecule has 1 aromatic rings. The number of rotatable bonds is 4. The summed E-state index contributed by atoms with van der Waals surface area (Å²) in [6.07, 6.45) is 2.42. The number of hydrogen-bond donors (Lipinski definition) is 0. The van der Waals surface area contributed by atoms with Crippen molar-refractivity contribution in [1.29, 1.82) is 0 Å². The summed E-state index contributed by atoms with van der Waals surface area (Å²) >= 11 is 6.16. The van der Waals surface area contributed by atoms with Crippen LogP contribution in [0.1, 0.15) is 58.5 Å². The monoisotopic (exact) mass is 297 g/mol. The van der Waals surface area contributed by atoms with E-state index >= 15 is 0 Å². The maximum absolute atomic E-state index is 12.4. The van der Waals surface area contributed by atoms with E-state index in [2.05, 4.69) is 25.8 Å². The van der Waals surface area contributed by atoms with Gasteiger partial charge in [0.2, 0.25) is 0 Å². The lowest BCUT2D eigenvalue weighted by Crippen LogP contribution is -2.23.